The molecule has 0 atom stereocenters. The Labute approximate surface area is 140 Å². The maximum Gasteiger partial charge on any atom is 0.261 e. The van der Waals surface area contributed by atoms with Gasteiger partial charge in [0.15, 0.2) is 5.82 Å². The molecule has 7 nitrogen and oxygen atoms in total. The van der Waals surface area contributed by atoms with Gasteiger partial charge < -0.3 is 21.4 Å². The number of anilines is 2. The number of carbonyl (C=O) groups is 2. The molecule has 0 aliphatic carbocycles. The molecule has 0 fully saturated rings. The number of aromatic amines is 1. The van der Waals surface area contributed by atoms with Gasteiger partial charge in [0.2, 0.25) is 0 Å². The van der Waals surface area contributed by atoms with Gasteiger partial charge in [-0.05, 0) is 18.2 Å². The molecule has 5 N–H and O–H groups in total. The smallest absolute Gasteiger partial charge is 0.261 e. The normalized spacial score (nSPS) is 10.7. The van der Waals surface area contributed by atoms with Crippen molar-refractivity contribution in [2.24, 2.45) is 0 Å². The number of nitrogens with one attached hydrogen (secondary N) is 3. The summed E-state index contributed by atoms with van der Waals surface area (Å²) in [6, 6.07) is 3.42. The van der Waals surface area contributed by atoms with E-state index in [9.17, 15) is 18.4 Å². The zero-order chi connectivity index (χ0) is 18.1. The predicted octanol–water partition coefficient (Wildman–Crippen LogP) is 2.04. The van der Waals surface area contributed by atoms with Crippen LogP contribution in [-0.2, 0) is 0 Å². The average molecular weight is 345 g/mol. The van der Waals surface area contributed by atoms with Crippen molar-refractivity contribution in [1.29, 1.82) is 0 Å². The summed E-state index contributed by atoms with van der Waals surface area (Å²) >= 11 is 0. The first-order valence-corrected chi connectivity index (χ1v) is 7.16. The summed E-state index contributed by atoms with van der Waals surface area (Å²) < 4.78 is 27.7. The van der Waals surface area contributed by atoms with E-state index in [-0.39, 0.29) is 17.3 Å². The second kappa shape index (κ2) is 6.19. The number of benzene rings is 1. The first-order valence-electron chi connectivity index (χ1n) is 7.16. The number of amides is 2. The molecule has 0 bridgehead atoms. The third-order valence-corrected chi connectivity index (χ3v) is 3.61. The van der Waals surface area contributed by atoms with Crippen molar-refractivity contribution >= 4 is 34.2 Å². The van der Waals surface area contributed by atoms with E-state index in [0.29, 0.717) is 16.6 Å². The number of fused-ring (bicyclic) bond motifs is 1. The highest BCUT2D eigenvalue weighted by Crippen LogP contribution is 2.23. The second-order valence-electron chi connectivity index (χ2n) is 5.18. The van der Waals surface area contributed by atoms with Gasteiger partial charge in [-0.2, -0.15) is 0 Å². The monoisotopic (exact) mass is 345 g/mol. The maximum absolute atomic E-state index is 13.9. The van der Waals surface area contributed by atoms with E-state index in [2.05, 4.69) is 20.6 Å². The molecule has 0 radical (unpaired) electrons. The second-order valence-corrected chi connectivity index (χ2v) is 5.18. The third kappa shape index (κ3) is 2.87. The van der Waals surface area contributed by atoms with E-state index in [1.165, 1.54) is 25.5 Å². The van der Waals surface area contributed by atoms with Gasteiger partial charge in [0.25, 0.3) is 11.8 Å². The predicted molar refractivity (Wildman–Crippen MR) is 88.2 cm³/mol. The Bertz CT molecular complexity index is 1000. The van der Waals surface area contributed by atoms with Crippen LogP contribution >= 0.6 is 0 Å². The number of aromatic nitrogens is 2. The Morgan fingerprint density at radius 2 is 2.00 bits per heavy atom. The van der Waals surface area contributed by atoms with Gasteiger partial charge >= 0.3 is 0 Å². The summed E-state index contributed by atoms with van der Waals surface area (Å²) in [4.78, 5) is 30.9. The molecular weight excluding hydrogens is 332 g/mol. The molecule has 2 heterocycles. The zero-order valence-electron chi connectivity index (χ0n) is 13.0. The van der Waals surface area contributed by atoms with E-state index in [0.717, 1.165) is 12.1 Å². The molecule has 1 aromatic carbocycles. The molecule has 0 aliphatic heterocycles. The standard InChI is InChI=1S/C16H13F2N5O2/c1-20-15(24)9-6-22-14-8(9)4-7(5-21-14)23-16(25)12-10(17)2-3-11(19)13(12)18/h2-6H,19H2,1H3,(H,20,24)(H,21,22)(H,23,25). The van der Waals surface area contributed by atoms with E-state index in [1.807, 2.05) is 0 Å². The van der Waals surface area contributed by atoms with Crippen molar-refractivity contribution in [2.75, 3.05) is 18.1 Å². The SMILES string of the molecule is CNC(=O)c1c[nH]c2ncc(NC(=O)c3c(F)ccc(N)c3F)cc12. The minimum atomic E-state index is -1.14. The van der Waals surface area contributed by atoms with Gasteiger partial charge in [-0.15, -0.1) is 0 Å². The van der Waals surface area contributed by atoms with Crippen molar-refractivity contribution < 1.29 is 18.4 Å². The molecule has 2 amide bonds. The molecule has 128 valence electrons. The fourth-order valence-corrected chi connectivity index (χ4v) is 2.36. The fraction of sp³-hybridized carbons (Fsp3) is 0.0625. The lowest BCUT2D eigenvalue weighted by atomic mass is 10.1. The topological polar surface area (TPSA) is 113 Å². The third-order valence-electron chi connectivity index (χ3n) is 3.61. The van der Waals surface area contributed by atoms with Gasteiger partial charge in [0.05, 0.1) is 23.1 Å². The fourth-order valence-electron chi connectivity index (χ4n) is 2.36. The molecule has 0 spiro atoms. The summed E-state index contributed by atoms with van der Waals surface area (Å²) in [5.74, 6) is -3.53. The Morgan fingerprint density at radius 3 is 2.72 bits per heavy atom. The van der Waals surface area contributed by atoms with E-state index in [1.54, 1.807) is 0 Å². The molecule has 3 aromatic rings. The molecule has 0 aliphatic rings. The van der Waals surface area contributed by atoms with Crippen LogP contribution in [0.3, 0.4) is 0 Å². The molecule has 2 aromatic heterocycles. The first kappa shape index (κ1) is 16.4. The van der Waals surface area contributed by atoms with E-state index < -0.39 is 23.1 Å². The largest absolute Gasteiger partial charge is 0.396 e. The van der Waals surface area contributed by atoms with Crippen LogP contribution in [0.1, 0.15) is 20.7 Å². The van der Waals surface area contributed by atoms with Crippen LogP contribution in [0.15, 0.2) is 30.6 Å². The van der Waals surface area contributed by atoms with Crippen molar-refractivity contribution in [3.05, 3.63) is 53.4 Å². The molecule has 3 rings (SSSR count). The minimum Gasteiger partial charge on any atom is -0.396 e. The minimum absolute atomic E-state index is 0.170. The highest BCUT2D eigenvalue weighted by atomic mass is 19.1. The van der Waals surface area contributed by atoms with Gasteiger partial charge in [-0.3, -0.25) is 9.59 Å². The Kier molecular flexibility index (Phi) is 4.05. The van der Waals surface area contributed by atoms with Crippen LogP contribution in [-0.4, -0.2) is 28.8 Å². The van der Waals surface area contributed by atoms with E-state index in [4.69, 9.17) is 5.73 Å². The molecule has 0 saturated carbocycles. The summed E-state index contributed by atoms with van der Waals surface area (Å²) in [5.41, 5.74) is 5.16. The quantitative estimate of drug-likeness (QED) is 0.544. The van der Waals surface area contributed by atoms with Crippen molar-refractivity contribution in [3.63, 3.8) is 0 Å². The average Bonchev–Trinajstić information content (AvgIpc) is 3.01. The number of hydrogen-bond acceptors (Lipinski definition) is 4. The van der Waals surface area contributed by atoms with Gasteiger partial charge in [0, 0.05) is 18.6 Å². The molecule has 0 unspecified atom stereocenters. The molecule has 9 heteroatoms. The molecule has 0 saturated heterocycles. The van der Waals surface area contributed by atoms with Crippen LogP contribution < -0.4 is 16.4 Å². The van der Waals surface area contributed by atoms with Crippen LogP contribution in [0.4, 0.5) is 20.2 Å². The summed E-state index contributed by atoms with van der Waals surface area (Å²) in [7, 11) is 1.48. The lowest BCUT2D eigenvalue weighted by Crippen LogP contribution is -2.18. The van der Waals surface area contributed by atoms with Crippen molar-refractivity contribution in [1.82, 2.24) is 15.3 Å². The van der Waals surface area contributed by atoms with Gasteiger partial charge in [-0.1, -0.05) is 0 Å². The number of hydrogen-bond donors (Lipinski definition) is 4. The number of rotatable bonds is 3. The first-order chi connectivity index (χ1) is 11.9. The summed E-state index contributed by atoms with van der Waals surface area (Å²) in [5, 5.41) is 5.28. The lowest BCUT2D eigenvalue weighted by Gasteiger charge is -2.08. The van der Waals surface area contributed by atoms with Crippen LogP contribution in [0.2, 0.25) is 0 Å². The lowest BCUT2D eigenvalue weighted by molar-refractivity contribution is 0.0963. The number of halogens is 2. The Hall–Kier alpha value is -3.49. The summed E-state index contributed by atoms with van der Waals surface area (Å²) in [6.07, 6.45) is 2.77. The highest BCUT2D eigenvalue weighted by molar-refractivity contribution is 6.09. The number of carbonyl (C=O) groups excluding carboxylic acids is 2. The van der Waals surface area contributed by atoms with Crippen molar-refractivity contribution in [3.8, 4) is 0 Å². The summed E-state index contributed by atoms with van der Waals surface area (Å²) in [6.45, 7) is 0. The Balaban J connectivity index is 1.97. The molecular formula is C16H13F2N5O2. The van der Waals surface area contributed by atoms with Gasteiger partial charge in [-0.25, -0.2) is 13.8 Å². The number of pyridine rings is 1. The van der Waals surface area contributed by atoms with Gasteiger partial charge in [0.1, 0.15) is 17.0 Å². The number of nitrogens with zero attached hydrogens (tertiary/aromatic N) is 1. The van der Waals surface area contributed by atoms with Crippen LogP contribution in [0.5, 0.6) is 0 Å². The zero-order valence-corrected chi connectivity index (χ0v) is 13.0. The van der Waals surface area contributed by atoms with Crippen LogP contribution in [0, 0.1) is 11.6 Å². The highest BCUT2D eigenvalue weighted by Gasteiger charge is 2.20. The van der Waals surface area contributed by atoms with Crippen LogP contribution in [0.25, 0.3) is 11.0 Å². The Morgan fingerprint density at radius 1 is 1.24 bits per heavy atom. The van der Waals surface area contributed by atoms with Crippen molar-refractivity contribution in [2.45, 2.75) is 0 Å². The number of nitrogens with two attached hydrogens (primary N) is 1. The number of nitrogen functional groups attached to an aromatic ring is 1. The maximum atomic E-state index is 13.9. The molecule has 25 heavy (non-hydrogen) atoms. The van der Waals surface area contributed by atoms with E-state index >= 15 is 0 Å². The number of H-pyrrole nitrogens is 1.